The first-order chi connectivity index (χ1) is 11.6. The van der Waals surface area contributed by atoms with Gasteiger partial charge in [-0.15, -0.1) is 0 Å². The number of nitriles is 1. The predicted octanol–water partition coefficient (Wildman–Crippen LogP) is 3.24. The van der Waals surface area contributed by atoms with Crippen LogP contribution in [-0.2, 0) is 4.79 Å². The number of likely N-dealkylation sites (N-methyl/N-ethyl adjacent to an activating group) is 1. The Kier molecular flexibility index (Phi) is 6.64. The number of rotatable bonds is 7. The van der Waals surface area contributed by atoms with Crippen molar-refractivity contribution in [3.8, 4) is 17.6 Å². The van der Waals surface area contributed by atoms with Gasteiger partial charge in [0.25, 0.3) is 5.91 Å². The molecule has 0 atom stereocenters. The molecule has 0 radical (unpaired) electrons. The number of carbonyl (C=O) groups is 1. The minimum absolute atomic E-state index is 0.0549. The predicted molar refractivity (Wildman–Crippen MR) is 93.9 cm³/mol. The van der Waals surface area contributed by atoms with Gasteiger partial charge in [-0.2, -0.15) is 5.26 Å². The second kappa shape index (κ2) is 8.94. The number of carbonyl (C=O) groups excluding carboxylic acids is 1. The zero-order valence-electron chi connectivity index (χ0n) is 13.2. The zero-order chi connectivity index (χ0) is 17.4. The van der Waals surface area contributed by atoms with Crippen molar-refractivity contribution in [2.24, 2.45) is 0 Å². The fourth-order valence-corrected chi connectivity index (χ4v) is 2.10. The number of hydrogen-bond donors (Lipinski definition) is 0. The minimum atomic E-state index is -0.140. The molecule has 24 heavy (non-hydrogen) atoms. The Morgan fingerprint density at radius 1 is 1.08 bits per heavy atom. The van der Waals surface area contributed by atoms with Gasteiger partial charge in [-0.25, -0.2) is 0 Å². The molecule has 0 bridgehead atoms. The molecule has 0 fully saturated rings. The molecule has 6 heteroatoms. The first-order valence-corrected chi connectivity index (χ1v) is 8.13. The highest BCUT2D eigenvalue weighted by Gasteiger charge is 2.09. The Balaban J connectivity index is 1.71. The normalized spacial score (nSPS) is 9.88. The van der Waals surface area contributed by atoms with Crippen LogP contribution < -0.4 is 9.47 Å². The SMILES string of the molecule is CN(CCOc1ccc(Br)cc1)C(=O)COc1ccc(C#N)cc1. The molecule has 2 rings (SSSR count). The first kappa shape index (κ1) is 17.8. The maximum Gasteiger partial charge on any atom is 0.260 e. The molecular weight excluding hydrogens is 372 g/mol. The van der Waals surface area contributed by atoms with Crippen molar-refractivity contribution >= 4 is 21.8 Å². The zero-order valence-corrected chi connectivity index (χ0v) is 14.8. The number of nitrogens with zero attached hydrogens (tertiary/aromatic N) is 2. The summed E-state index contributed by atoms with van der Waals surface area (Å²) in [4.78, 5) is 13.6. The van der Waals surface area contributed by atoms with Gasteiger partial charge in [-0.3, -0.25) is 4.79 Å². The van der Waals surface area contributed by atoms with Crippen molar-refractivity contribution in [3.05, 3.63) is 58.6 Å². The second-order valence-electron chi connectivity index (χ2n) is 5.04. The third kappa shape index (κ3) is 5.60. The molecule has 0 aliphatic carbocycles. The van der Waals surface area contributed by atoms with Crippen molar-refractivity contribution in [2.45, 2.75) is 0 Å². The van der Waals surface area contributed by atoms with Crippen molar-refractivity contribution in [1.82, 2.24) is 4.90 Å². The third-order valence-corrected chi connectivity index (χ3v) is 3.81. The largest absolute Gasteiger partial charge is 0.492 e. The lowest BCUT2D eigenvalue weighted by Crippen LogP contribution is -2.34. The van der Waals surface area contributed by atoms with Crippen LogP contribution >= 0.6 is 15.9 Å². The first-order valence-electron chi connectivity index (χ1n) is 7.34. The van der Waals surface area contributed by atoms with Crippen molar-refractivity contribution in [2.75, 3.05) is 26.8 Å². The molecule has 0 aromatic heterocycles. The summed E-state index contributed by atoms with van der Waals surface area (Å²) in [5.74, 6) is 1.17. The van der Waals surface area contributed by atoms with Crippen LogP contribution in [0.4, 0.5) is 0 Å². The average molecular weight is 389 g/mol. The maximum atomic E-state index is 12.0. The number of halogens is 1. The Labute approximate surface area is 149 Å². The molecule has 0 spiro atoms. The van der Waals surface area contributed by atoms with Crippen molar-refractivity contribution in [1.29, 1.82) is 5.26 Å². The molecule has 0 saturated carbocycles. The number of ether oxygens (including phenoxy) is 2. The molecule has 0 N–H and O–H groups in total. The quantitative estimate of drug-likeness (QED) is 0.730. The van der Waals surface area contributed by atoms with Crippen LogP contribution in [-0.4, -0.2) is 37.6 Å². The van der Waals surface area contributed by atoms with Gasteiger partial charge in [0.2, 0.25) is 0 Å². The highest BCUT2D eigenvalue weighted by molar-refractivity contribution is 9.10. The molecule has 0 aliphatic heterocycles. The molecule has 0 aliphatic rings. The van der Waals surface area contributed by atoms with E-state index in [4.69, 9.17) is 14.7 Å². The van der Waals surface area contributed by atoms with E-state index in [9.17, 15) is 4.79 Å². The summed E-state index contributed by atoms with van der Waals surface area (Å²) in [6, 6.07) is 16.2. The monoisotopic (exact) mass is 388 g/mol. The van der Waals surface area contributed by atoms with E-state index < -0.39 is 0 Å². The Morgan fingerprint density at radius 3 is 2.29 bits per heavy atom. The van der Waals surface area contributed by atoms with Crippen molar-refractivity contribution < 1.29 is 14.3 Å². The van der Waals surface area contributed by atoms with Gasteiger partial charge >= 0.3 is 0 Å². The summed E-state index contributed by atoms with van der Waals surface area (Å²) in [6.07, 6.45) is 0. The molecule has 1 amide bonds. The van der Waals surface area contributed by atoms with E-state index in [0.29, 0.717) is 24.5 Å². The van der Waals surface area contributed by atoms with Gasteiger partial charge in [-0.1, -0.05) is 15.9 Å². The van der Waals surface area contributed by atoms with Crippen LogP contribution in [0.15, 0.2) is 53.0 Å². The number of benzene rings is 2. The van der Waals surface area contributed by atoms with E-state index >= 15 is 0 Å². The summed E-state index contributed by atoms with van der Waals surface area (Å²) in [6.45, 7) is 0.813. The summed E-state index contributed by atoms with van der Waals surface area (Å²) in [7, 11) is 1.70. The summed E-state index contributed by atoms with van der Waals surface area (Å²) < 4.78 is 12.0. The summed E-state index contributed by atoms with van der Waals surface area (Å²) >= 11 is 3.36. The lowest BCUT2D eigenvalue weighted by Gasteiger charge is -2.17. The van der Waals surface area contributed by atoms with E-state index in [-0.39, 0.29) is 12.5 Å². The van der Waals surface area contributed by atoms with Gasteiger partial charge in [0.1, 0.15) is 18.1 Å². The minimum Gasteiger partial charge on any atom is -0.492 e. The van der Waals surface area contributed by atoms with Gasteiger partial charge in [0.05, 0.1) is 18.2 Å². The maximum absolute atomic E-state index is 12.0. The lowest BCUT2D eigenvalue weighted by molar-refractivity contribution is -0.132. The van der Waals surface area contributed by atoms with Gasteiger partial charge in [0.15, 0.2) is 6.61 Å². The van der Waals surface area contributed by atoms with Crippen LogP contribution in [0.3, 0.4) is 0 Å². The molecule has 0 unspecified atom stereocenters. The highest BCUT2D eigenvalue weighted by Crippen LogP contribution is 2.16. The van der Waals surface area contributed by atoms with Crippen LogP contribution in [0, 0.1) is 11.3 Å². The van der Waals surface area contributed by atoms with Gasteiger partial charge in [0, 0.05) is 11.5 Å². The van der Waals surface area contributed by atoms with E-state index in [1.54, 1.807) is 36.2 Å². The molecular formula is C18H17BrN2O3. The van der Waals surface area contributed by atoms with Crippen molar-refractivity contribution in [3.63, 3.8) is 0 Å². The molecule has 0 saturated heterocycles. The summed E-state index contributed by atoms with van der Waals surface area (Å²) in [5.41, 5.74) is 0.552. The standard InChI is InChI=1S/C18H17BrN2O3/c1-21(10-11-23-16-8-4-15(19)5-9-16)18(22)13-24-17-6-2-14(12-20)3-7-17/h2-9H,10-11,13H2,1H3. The number of hydrogen-bond acceptors (Lipinski definition) is 4. The topological polar surface area (TPSA) is 62.6 Å². The van der Waals surface area contributed by atoms with Gasteiger partial charge < -0.3 is 14.4 Å². The molecule has 124 valence electrons. The summed E-state index contributed by atoms with van der Waals surface area (Å²) in [5, 5.41) is 8.73. The van der Waals surface area contributed by atoms with Crippen LogP contribution in [0.2, 0.25) is 0 Å². The molecule has 2 aromatic rings. The van der Waals surface area contributed by atoms with Crippen LogP contribution in [0.1, 0.15) is 5.56 Å². The smallest absolute Gasteiger partial charge is 0.260 e. The van der Waals surface area contributed by atoms with Crippen LogP contribution in [0.25, 0.3) is 0 Å². The van der Waals surface area contributed by atoms with Gasteiger partial charge in [-0.05, 0) is 48.5 Å². The molecule has 0 heterocycles. The third-order valence-electron chi connectivity index (χ3n) is 3.28. The Morgan fingerprint density at radius 2 is 1.67 bits per heavy atom. The second-order valence-corrected chi connectivity index (χ2v) is 5.96. The highest BCUT2D eigenvalue weighted by atomic mass is 79.9. The Hall–Kier alpha value is -2.52. The molecule has 2 aromatic carbocycles. The van der Waals surface area contributed by atoms with Crippen LogP contribution in [0.5, 0.6) is 11.5 Å². The number of amides is 1. The van der Waals surface area contributed by atoms with E-state index in [1.165, 1.54) is 0 Å². The Bertz CT molecular complexity index is 709. The lowest BCUT2D eigenvalue weighted by atomic mass is 10.2. The van der Waals surface area contributed by atoms with E-state index in [0.717, 1.165) is 10.2 Å². The van der Waals surface area contributed by atoms with E-state index in [2.05, 4.69) is 15.9 Å². The molecule has 5 nitrogen and oxygen atoms in total. The van der Waals surface area contributed by atoms with E-state index in [1.807, 2.05) is 30.3 Å². The fraction of sp³-hybridized carbons (Fsp3) is 0.222. The average Bonchev–Trinajstić information content (AvgIpc) is 2.61. The fourth-order valence-electron chi connectivity index (χ4n) is 1.84.